The molecule has 0 saturated carbocycles. The van der Waals surface area contributed by atoms with Crippen LogP contribution in [0.15, 0.2) is 60.0 Å². The molecular weight excluding hydrogens is 274 g/mol. The van der Waals surface area contributed by atoms with Gasteiger partial charge < -0.3 is 12.4 Å². The first-order valence-electron chi connectivity index (χ1n) is 6.07. The molecule has 0 radical (unpaired) electrons. The standard InChI is InChI=1S/C15H15N3O.ClH/c1-13-5-7-14(8-6-13)11-16-17-15(19)12-18-9-3-2-4-10-18;/h2-11H,12H2,1H3;1H/b16-11+;. The Hall–Kier alpha value is -2.20. The Kier molecular flexibility index (Phi) is 6.40. The fraction of sp³-hybridized carbons (Fsp3) is 0.133. The molecular formula is C15H16ClN3O. The summed E-state index contributed by atoms with van der Waals surface area (Å²) in [6.07, 6.45) is 5.31. The van der Waals surface area contributed by atoms with Crippen molar-refractivity contribution in [3.63, 3.8) is 0 Å². The van der Waals surface area contributed by atoms with Crippen LogP contribution in [0.2, 0.25) is 0 Å². The van der Waals surface area contributed by atoms with Gasteiger partial charge in [0.1, 0.15) is 0 Å². The van der Waals surface area contributed by atoms with Crippen LogP contribution in [0.4, 0.5) is 0 Å². The van der Waals surface area contributed by atoms with Crippen LogP contribution in [-0.4, -0.2) is 12.1 Å². The van der Waals surface area contributed by atoms with Gasteiger partial charge in [-0.2, -0.15) is 9.67 Å². The Morgan fingerprint density at radius 2 is 1.85 bits per heavy atom. The number of hydrogen-bond acceptors (Lipinski definition) is 2. The normalized spacial score (nSPS) is 10.1. The third-order valence-corrected chi connectivity index (χ3v) is 2.58. The van der Waals surface area contributed by atoms with E-state index in [0.29, 0.717) is 0 Å². The zero-order valence-corrected chi connectivity index (χ0v) is 11.9. The molecule has 0 aliphatic heterocycles. The largest absolute Gasteiger partial charge is 1.00 e. The quantitative estimate of drug-likeness (QED) is 0.413. The lowest BCUT2D eigenvalue weighted by atomic mass is 10.2. The summed E-state index contributed by atoms with van der Waals surface area (Å²) in [4.78, 5) is 11.6. The summed E-state index contributed by atoms with van der Waals surface area (Å²) in [5, 5.41) is 3.93. The van der Waals surface area contributed by atoms with Crippen LogP contribution in [0.5, 0.6) is 0 Å². The van der Waals surface area contributed by atoms with Crippen LogP contribution in [0.3, 0.4) is 0 Å². The first-order chi connectivity index (χ1) is 9.24. The smallest absolute Gasteiger partial charge is 0.305 e. The monoisotopic (exact) mass is 289 g/mol. The first-order valence-corrected chi connectivity index (χ1v) is 6.07. The zero-order valence-electron chi connectivity index (χ0n) is 11.2. The van der Waals surface area contributed by atoms with Crippen LogP contribution >= 0.6 is 0 Å². The molecule has 0 atom stereocenters. The van der Waals surface area contributed by atoms with Crippen molar-refractivity contribution < 1.29 is 21.8 Å². The molecule has 5 heteroatoms. The molecule has 0 spiro atoms. The number of hydrogen-bond donors (Lipinski definition) is 1. The maximum Gasteiger partial charge on any atom is 0.305 e. The lowest BCUT2D eigenvalue weighted by Crippen LogP contribution is -3.00. The highest BCUT2D eigenvalue weighted by atomic mass is 35.5. The maximum atomic E-state index is 11.6. The number of nitrogens with one attached hydrogen (secondary N) is 1. The van der Waals surface area contributed by atoms with Gasteiger partial charge in [-0.1, -0.05) is 35.9 Å². The second kappa shape index (κ2) is 8.07. The van der Waals surface area contributed by atoms with Crippen LogP contribution in [0.1, 0.15) is 11.1 Å². The highest BCUT2D eigenvalue weighted by molar-refractivity contribution is 5.81. The zero-order chi connectivity index (χ0) is 13.5. The molecule has 0 aliphatic carbocycles. The van der Waals surface area contributed by atoms with Crippen molar-refractivity contribution in [3.8, 4) is 0 Å². The fourth-order valence-corrected chi connectivity index (χ4v) is 1.57. The van der Waals surface area contributed by atoms with E-state index in [4.69, 9.17) is 0 Å². The number of rotatable bonds is 4. The summed E-state index contributed by atoms with van der Waals surface area (Å²) in [6.45, 7) is 2.28. The summed E-state index contributed by atoms with van der Waals surface area (Å²) < 4.78 is 1.79. The third kappa shape index (κ3) is 5.20. The van der Waals surface area contributed by atoms with Gasteiger partial charge in [0.25, 0.3) is 0 Å². The minimum atomic E-state index is -0.153. The van der Waals surface area contributed by atoms with Crippen LogP contribution in [0, 0.1) is 6.92 Å². The molecule has 2 rings (SSSR count). The fourth-order valence-electron chi connectivity index (χ4n) is 1.57. The molecule has 20 heavy (non-hydrogen) atoms. The summed E-state index contributed by atoms with van der Waals surface area (Å²) in [5.74, 6) is -0.153. The summed E-state index contributed by atoms with van der Waals surface area (Å²) in [7, 11) is 0. The van der Waals surface area contributed by atoms with Gasteiger partial charge in [-0.15, -0.1) is 0 Å². The van der Waals surface area contributed by atoms with E-state index in [1.165, 1.54) is 5.56 Å². The van der Waals surface area contributed by atoms with Crippen molar-refractivity contribution in [1.29, 1.82) is 0 Å². The number of nitrogens with zero attached hydrogens (tertiary/aromatic N) is 2. The summed E-state index contributed by atoms with van der Waals surface area (Å²) in [6, 6.07) is 13.6. The number of carbonyl (C=O) groups excluding carboxylic acids is 1. The Labute approximate surface area is 124 Å². The Bertz CT molecular complexity index is 567. The van der Waals surface area contributed by atoms with E-state index in [-0.39, 0.29) is 24.9 Å². The minimum absolute atomic E-state index is 0. The van der Waals surface area contributed by atoms with Crippen LogP contribution in [-0.2, 0) is 11.3 Å². The number of halogens is 1. The van der Waals surface area contributed by atoms with Gasteiger partial charge in [0.2, 0.25) is 6.54 Å². The second-order valence-corrected chi connectivity index (χ2v) is 4.25. The van der Waals surface area contributed by atoms with Crippen molar-refractivity contribution in [3.05, 3.63) is 66.0 Å². The number of pyridine rings is 1. The molecule has 0 saturated heterocycles. The first kappa shape index (κ1) is 15.9. The van der Waals surface area contributed by atoms with E-state index in [1.54, 1.807) is 10.8 Å². The predicted octanol–water partition coefficient (Wildman–Crippen LogP) is -1.56. The number of amides is 1. The second-order valence-electron chi connectivity index (χ2n) is 4.25. The van der Waals surface area contributed by atoms with Gasteiger partial charge >= 0.3 is 5.91 Å². The van der Waals surface area contributed by atoms with Crippen LogP contribution < -0.4 is 22.4 Å². The van der Waals surface area contributed by atoms with E-state index < -0.39 is 0 Å². The Balaban J connectivity index is 0.00000200. The molecule has 104 valence electrons. The SMILES string of the molecule is Cc1ccc(/C=N/NC(=O)C[n+]2ccccc2)cc1.[Cl-]. The highest BCUT2D eigenvalue weighted by Gasteiger charge is 2.06. The minimum Gasteiger partial charge on any atom is -1.00 e. The van der Waals surface area contributed by atoms with Crippen LogP contribution in [0.25, 0.3) is 0 Å². The molecule has 4 nitrogen and oxygen atoms in total. The van der Waals surface area contributed by atoms with E-state index in [9.17, 15) is 4.79 Å². The van der Waals surface area contributed by atoms with Crippen molar-refractivity contribution in [2.45, 2.75) is 13.5 Å². The molecule has 1 amide bonds. The lowest BCUT2D eigenvalue weighted by Gasteiger charge is -1.97. The number of benzene rings is 1. The van der Waals surface area contributed by atoms with Gasteiger partial charge in [-0.3, -0.25) is 4.79 Å². The van der Waals surface area contributed by atoms with Crippen molar-refractivity contribution in [1.82, 2.24) is 5.43 Å². The number of aromatic nitrogens is 1. The highest BCUT2D eigenvalue weighted by Crippen LogP contribution is 1.99. The van der Waals surface area contributed by atoms with Gasteiger partial charge in [0.05, 0.1) is 6.21 Å². The van der Waals surface area contributed by atoms with E-state index >= 15 is 0 Å². The average Bonchev–Trinajstić information content (AvgIpc) is 2.42. The van der Waals surface area contributed by atoms with Gasteiger partial charge in [-0.05, 0) is 12.5 Å². The van der Waals surface area contributed by atoms with Crippen molar-refractivity contribution in [2.75, 3.05) is 0 Å². The van der Waals surface area contributed by atoms with E-state index in [1.807, 2.05) is 61.8 Å². The number of aryl methyl sites for hydroxylation is 1. The molecule has 1 N–H and O–H groups in total. The molecule has 1 heterocycles. The third-order valence-electron chi connectivity index (χ3n) is 2.58. The molecule has 1 aromatic carbocycles. The topological polar surface area (TPSA) is 45.3 Å². The van der Waals surface area contributed by atoms with E-state index in [0.717, 1.165) is 5.56 Å². The predicted molar refractivity (Wildman–Crippen MR) is 73.6 cm³/mol. The number of carbonyl (C=O) groups is 1. The van der Waals surface area contributed by atoms with Gasteiger partial charge in [0.15, 0.2) is 12.4 Å². The Morgan fingerprint density at radius 1 is 1.20 bits per heavy atom. The summed E-state index contributed by atoms with van der Waals surface area (Å²) >= 11 is 0. The summed E-state index contributed by atoms with van der Waals surface area (Å²) in [5.41, 5.74) is 4.66. The van der Waals surface area contributed by atoms with Crippen molar-refractivity contribution >= 4 is 12.1 Å². The molecule has 2 aromatic rings. The average molecular weight is 290 g/mol. The maximum absolute atomic E-state index is 11.6. The van der Waals surface area contributed by atoms with E-state index in [2.05, 4.69) is 10.5 Å². The molecule has 1 aromatic heterocycles. The van der Waals surface area contributed by atoms with Crippen molar-refractivity contribution in [2.24, 2.45) is 5.10 Å². The molecule has 0 aliphatic rings. The lowest BCUT2D eigenvalue weighted by molar-refractivity contribution is -0.684. The molecule has 0 bridgehead atoms. The van der Waals surface area contributed by atoms with Gasteiger partial charge in [-0.25, -0.2) is 5.43 Å². The number of hydrazone groups is 1. The molecule has 0 fully saturated rings. The Morgan fingerprint density at radius 3 is 2.50 bits per heavy atom. The van der Waals surface area contributed by atoms with Gasteiger partial charge in [0, 0.05) is 12.1 Å². The molecule has 0 unspecified atom stereocenters.